The van der Waals surface area contributed by atoms with Crippen LogP contribution in [0.1, 0.15) is 11.1 Å². The maximum Gasteiger partial charge on any atom is 0.279 e. The number of aromatic nitrogens is 2. The molecule has 0 aliphatic heterocycles. The van der Waals surface area contributed by atoms with Gasteiger partial charge in [0.15, 0.2) is 5.78 Å². The normalized spacial score (nSPS) is 11.5. The molecule has 24 heavy (non-hydrogen) atoms. The monoisotopic (exact) mass is 395 g/mol. The molecule has 2 heterocycles. The molecule has 0 aliphatic rings. The van der Waals surface area contributed by atoms with E-state index in [1.807, 2.05) is 6.07 Å². The van der Waals surface area contributed by atoms with Crippen LogP contribution in [0.2, 0.25) is 0 Å². The summed E-state index contributed by atoms with van der Waals surface area (Å²) in [6.07, 6.45) is 3.06. The Labute approximate surface area is 153 Å². The number of nitriles is 2. The molecule has 0 bridgehead atoms. The molecule has 0 aliphatic carbocycles. The number of aryl methyl sites for hydroxylation is 1. The molecule has 121 valence electrons. The molecule has 2 rings (SSSR count). The van der Waals surface area contributed by atoms with Gasteiger partial charge >= 0.3 is 0 Å². The van der Waals surface area contributed by atoms with Crippen molar-refractivity contribution in [3.05, 3.63) is 27.7 Å². The molecule has 0 amide bonds. The van der Waals surface area contributed by atoms with Crippen molar-refractivity contribution >= 4 is 58.7 Å². The lowest BCUT2D eigenvalue weighted by Gasteiger charge is -2.06. The van der Waals surface area contributed by atoms with E-state index in [0.29, 0.717) is 14.0 Å². The van der Waals surface area contributed by atoms with E-state index in [0.717, 1.165) is 46.6 Å². The summed E-state index contributed by atoms with van der Waals surface area (Å²) < 4.78 is 6.05. The summed E-state index contributed by atoms with van der Waals surface area (Å²) in [6.45, 7) is 0. The van der Waals surface area contributed by atoms with Gasteiger partial charge in [-0.2, -0.15) is 14.9 Å². The first-order valence-corrected chi connectivity index (χ1v) is 9.58. The van der Waals surface area contributed by atoms with Gasteiger partial charge in [0.05, 0.1) is 21.7 Å². The summed E-state index contributed by atoms with van der Waals surface area (Å²) >= 11 is 4.07. The lowest BCUT2D eigenvalue weighted by molar-refractivity contribution is -0.115. The van der Waals surface area contributed by atoms with Crippen molar-refractivity contribution in [2.45, 2.75) is 13.7 Å². The highest BCUT2D eigenvalue weighted by molar-refractivity contribution is 8.04. The first-order chi connectivity index (χ1) is 11.5. The Morgan fingerprint density at radius 2 is 2.17 bits per heavy atom. The van der Waals surface area contributed by atoms with Crippen molar-refractivity contribution in [1.29, 1.82) is 10.5 Å². The van der Waals surface area contributed by atoms with Crippen molar-refractivity contribution in [2.75, 3.05) is 5.75 Å². The maximum atomic E-state index is 12.2. The molecule has 0 fully saturated rings. The third-order valence-electron chi connectivity index (χ3n) is 2.66. The van der Waals surface area contributed by atoms with Gasteiger partial charge < -0.3 is 0 Å². The first-order valence-electron chi connectivity index (χ1n) is 6.16. The van der Waals surface area contributed by atoms with E-state index in [4.69, 9.17) is 10.5 Å². The first kappa shape index (κ1) is 18.4. The number of hydrogen-bond acceptors (Lipinski definition) is 10. The minimum Gasteiger partial charge on any atom is -0.297 e. The predicted octanol–water partition coefficient (Wildman–Crippen LogP) is 1.58. The summed E-state index contributed by atoms with van der Waals surface area (Å²) in [5.41, 5.74) is -0.160. The maximum absolute atomic E-state index is 12.2. The van der Waals surface area contributed by atoms with Gasteiger partial charge in [0.25, 0.3) is 5.56 Å². The Morgan fingerprint density at radius 3 is 2.79 bits per heavy atom. The lowest BCUT2D eigenvalue weighted by atomic mass is 10.3. The second-order valence-electron chi connectivity index (χ2n) is 4.18. The summed E-state index contributed by atoms with van der Waals surface area (Å²) in [5, 5.41) is 16.8. The van der Waals surface area contributed by atoms with Gasteiger partial charge in [0, 0.05) is 7.05 Å². The molecule has 0 saturated carbocycles. The highest BCUT2D eigenvalue weighted by Crippen LogP contribution is 2.31. The molecule has 0 aromatic carbocycles. The Kier molecular flexibility index (Phi) is 6.34. The largest absolute Gasteiger partial charge is 0.297 e. The van der Waals surface area contributed by atoms with Crippen molar-refractivity contribution < 1.29 is 9.59 Å². The average molecular weight is 395 g/mol. The lowest BCUT2D eigenvalue weighted by Crippen LogP contribution is -2.20. The number of rotatable bonds is 7. The summed E-state index contributed by atoms with van der Waals surface area (Å²) in [6, 6.07) is 3.76. The second kappa shape index (κ2) is 8.26. The van der Waals surface area contributed by atoms with Crippen LogP contribution in [-0.2, 0) is 16.6 Å². The molecule has 1 radical (unpaired) electrons. The van der Waals surface area contributed by atoms with Crippen LogP contribution in [0.25, 0.3) is 0 Å². The van der Waals surface area contributed by atoms with Gasteiger partial charge in [0.2, 0.25) is 6.29 Å². The predicted molar refractivity (Wildman–Crippen MR) is 92.2 cm³/mol. The van der Waals surface area contributed by atoms with E-state index in [9.17, 15) is 14.4 Å². The van der Waals surface area contributed by atoms with Crippen molar-refractivity contribution in [2.24, 2.45) is 7.05 Å². The van der Waals surface area contributed by atoms with Gasteiger partial charge in [0.1, 0.15) is 27.2 Å². The number of hydrogen-bond donors (Lipinski definition) is 0. The van der Waals surface area contributed by atoms with Crippen LogP contribution in [0.3, 0.4) is 0 Å². The molecule has 0 saturated heterocycles. The third-order valence-corrected chi connectivity index (χ3v) is 7.08. The van der Waals surface area contributed by atoms with E-state index in [-0.39, 0.29) is 11.3 Å². The molecule has 0 N–H and O–H groups in total. The number of thioether (sulfide) groups is 2. The average Bonchev–Trinajstić information content (AvgIpc) is 3.14. The second-order valence-corrected chi connectivity index (χ2v) is 8.74. The number of nitrogens with zero attached hydrogens (tertiary/aromatic N) is 4. The topological polar surface area (TPSA) is 117 Å². The Balaban J connectivity index is 2.09. The zero-order valence-electron chi connectivity index (χ0n) is 12.0. The van der Waals surface area contributed by atoms with E-state index in [2.05, 4.69) is 4.37 Å². The number of ketones is 1. The van der Waals surface area contributed by atoms with Crippen LogP contribution < -0.4 is 5.56 Å². The zero-order valence-corrected chi connectivity index (χ0v) is 15.3. The van der Waals surface area contributed by atoms with Crippen LogP contribution in [0, 0.1) is 22.7 Å². The van der Waals surface area contributed by atoms with Crippen LogP contribution in [0.5, 0.6) is 0 Å². The number of carbonyl (C=O) groups is 1. The third kappa shape index (κ3) is 3.94. The van der Waals surface area contributed by atoms with Gasteiger partial charge in [-0.1, -0.05) is 11.8 Å². The number of carbonyl (C=O) groups excluding carboxylic acids is 2. The van der Waals surface area contributed by atoms with Crippen LogP contribution in [0.15, 0.2) is 19.4 Å². The molecule has 2 aromatic heterocycles. The van der Waals surface area contributed by atoms with E-state index in [1.54, 1.807) is 12.4 Å². The molecular formula is C13H7N4O3S4. The fourth-order valence-corrected chi connectivity index (χ4v) is 5.45. The molecule has 7 nitrogen and oxygen atoms in total. The van der Waals surface area contributed by atoms with Crippen LogP contribution in [-0.4, -0.2) is 31.4 Å². The molecular weight excluding hydrogens is 388 g/mol. The summed E-state index contributed by atoms with van der Waals surface area (Å²) in [7, 11) is 1.50. The summed E-state index contributed by atoms with van der Waals surface area (Å²) in [5.74, 6) is -0.447. The van der Waals surface area contributed by atoms with Gasteiger partial charge in [-0.3, -0.25) is 18.3 Å². The smallest absolute Gasteiger partial charge is 0.279 e. The highest BCUT2D eigenvalue weighted by Gasteiger charge is 2.25. The fourth-order valence-electron chi connectivity index (χ4n) is 1.51. The van der Waals surface area contributed by atoms with E-state index >= 15 is 0 Å². The van der Waals surface area contributed by atoms with Crippen molar-refractivity contribution in [3.8, 4) is 12.1 Å². The fraction of sp³-hybridized carbons (Fsp3) is 0.231. The van der Waals surface area contributed by atoms with E-state index < -0.39 is 16.6 Å². The zero-order chi connectivity index (χ0) is 17.7. The van der Waals surface area contributed by atoms with Crippen LogP contribution >= 0.6 is 46.6 Å². The van der Waals surface area contributed by atoms with Gasteiger partial charge in [-0.05, 0) is 23.1 Å². The van der Waals surface area contributed by atoms with Gasteiger partial charge in [-0.25, -0.2) is 0 Å². The van der Waals surface area contributed by atoms with Crippen molar-refractivity contribution in [3.63, 3.8) is 0 Å². The quantitative estimate of drug-likeness (QED) is 0.512. The molecule has 2 aromatic rings. The molecule has 0 spiro atoms. The highest BCUT2D eigenvalue weighted by atomic mass is 32.2. The van der Waals surface area contributed by atoms with Crippen molar-refractivity contribution in [1.82, 2.24) is 8.33 Å². The Bertz CT molecular complexity index is 915. The minimum absolute atomic E-state index is 0.0343. The Morgan fingerprint density at radius 1 is 1.42 bits per heavy atom. The molecule has 1 atom stereocenters. The molecule has 11 heteroatoms. The SMILES string of the molecule is Cn1sc(SC([C]=O)C(=O)CSc2sncc2C#N)c(C#N)c1=O. The van der Waals surface area contributed by atoms with E-state index in [1.165, 1.54) is 17.2 Å². The Hall–Kier alpha value is -1.92. The minimum atomic E-state index is -1.14. The summed E-state index contributed by atoms with van der Waals surface area (Å²) in [4.78, 5) is 35.0. The van der Waals surface area contributed by atoms with Gasteiger partial charge in [-0.15, -0.1) is 11.8 Å². The number of Topliss-reactive ketones (excluding diaryl/α,β-unsaturated/α-hetero) is 1. The molecule has 1 unspecified atom stereocenters. The van der Waals surface area contributed by atoms with Crippen LogP contribution in [0.4, 0.5) is 0 Å². The standard InChI is InChI=1S/C13H7N4O3S4/c1-17-11(20)8(3-15)13(24-17)22-10(5-18)9(19)6-21-12-7(2-14)4-16-23-12/h4,10H,6H2,1H3.